The maximum Gasteiger partial charge on any atom is 0.149 e. The van der Waals surface area contributed by atoms with Crippen molar-refractivity contribution in [2.75, 3.05) is 11.1 Å². The van der Waals surface area contributed by atoms with Gasteiger partial charge in [0.05, 0.1) is 10.7 Å². The fraction of sp³-hybridized carbons (Fsp3) is 0.615. The smallest absolute Gasteiger partial charge is 0.149 e. The lowest BCUT2D eigenvalue weighted by Crippen LogP contribution is -2.30. The van der Waals surface area contributed by atoms with Crippen LogP contribution in [0, 0.1) is 11.8 Å². The zero-order valence-corrected chi connectivity index (χ0v) is 11.2. The van der Waals surface area contributed by atoms with Gasteiger partial charge in [0.15, 0.2) is 0 Å². The van der Waals surface area contributed by atoms with Crippen LogP contribution in [0.5, 0.6) is 0 Å². The molecular formula is C13H20ClN3. The molecule has 17 heavy (non-hydrogen) atoms. The number of rotatable bonds is 2. The molecule has 0 amide bonds. The molecule has 0 spiro atoms. The lowest BCUT2D eigenvalue weighted by atomic mass is 9.79. The Balaban J connectivity index is 2.01. The lowest BCUT2D eigenvalue weighted by molar-refractivity contribution is 0.260. The molecule has 3 unspecified atom stereocenters. The summed E-state index contributed by atoms with van der Waals surface area (Å²) in [5.74, 6) is 2.35. The summed E-state index contributed by atoms with van der Waals surface area (Å²) in [4.78, 5) is 4.25. The van der Waals surface area contributed by atoms with E-state index in [2.05, 4.69) is 24.1 Å². The van der Waals surface area contributed by atoms with E-state index in [9.17, 15) is 0 Å². The number of halogens is 1. The minimum atomic E-state index is 0.483. The van der Waals surface area contributed by atoms with E-state index in [1.54, 1.807) is 12.3 Å². The van der Waals surface area contributed by atoms with E-state index in [0.717, 1.165) is 17.7 Å². The Bertz CT molecular complexity index is 394. The Morgan fingerprint density at radius 2 is 2.12 bits per heavy atom. The van der Waals surface area contributed by atoms with E-state index in [4.69, 9.17) is 17.3 Å². The van der Waals surface area contributed by atoms with Gasteiger partial charge in [-0.05, 0) is 37.2 Å². The Hall–Kier alpha value is -0.960. The number of hydrogen-bond acceptors (Lipinski definition) is 3. The number of nitrogens with two attached hydrogens (primary N) is 1. The van der Waals surface area contributed by atoms with Gasteiger partial charge in [-0.1, -0.05) is 25.4 Å². The van der Waals surface area contributed by atoms with Gasteiger partial charge < -0.3 is 11.1 Å². The van der Waals surface area contributed by atoms with Gasteiger partial charge in [-0.25, -0.2) is 4.98 Å². The van der Waals surface area contributed by atoms with Gasteiger partial charge in [-0.3, -0.25) is 0 Å². The van der Waals surface area contributed by atoms with Crippen LogP contribution in [0.2, 0.25) is 5.02 Å². The maximum atomic E-state index is 5.89. The van der Waals surface area contributed by atoms with Gasteiger partial charge in [0.2, 0.25) is 0 Å². The highest BCUT2D eigenvalue weighted by Gasteiger charge is 2.24. The predicted octanol–water partition coefficient (Wildman–Crippen LogP) is 3.55. The van der Waals surface area contributed by atoms with Gasteiger partial charge in [-0.15, -0.1) is 0 Å². The summed E-state index contributed by atoms with van der Waals surface area (Å²) in [6.45, 7) is 4.65. The zero-order chi connectivity index (χ0) is 12.4. The number of nitrogens with zero attached hydrogens (tertiary/aromatic N) is 1. The second-order valence-corrected chi connectivity index (χ2v) is 5.64. The summed E-state index contributed by atoms with van der Waals surface area (Å²) in [6, 6.07) is 2.23. The average Bonchev–Trinajstić information content (AvgIpc) is 2.27. The first-order chi connectivity index (χ1) is 8.06. The Kier molecular flexibility index (Phi) is 3.77. The quantitative estimate of drug-likeness (QED) is 0.848. The summed E-state index contributed by atoms with van der Waals surface area (Å²) in [5.41, 5.74) is 6.52. The Labute approximate surface area is 108 Å². The highest BCUT2D eigenvalue weighted by atomic mass is 35.5. The molecule has 1 aromatic heterocycles. The average molecular weight is 254 g/mol. The maximum absolute atomic E-state index is 5.89. The molecule has 1 heterocycles. The van der Waals surface area contributed by atoms with Gasteiger partial charge >= 0.3 is 0 Å². The number of anilines is 2. The number of pyridine rings is 1. The van der Waals surface area contributed by atoms with Crippen LogP contribution >= 0.6 is 11.6 Å². The van der Waals surface area contributed by atoms with Crippen molar-refractivity contribution in [1.82, 2.24) is 4.98 Å². The molecule has 1 aliphatic carbocycles. The highest BCUT2D eigenvalue weighted by Crippen LogP contribution is 2.31. The van der Waals surface area contributed by atoms with Gasteiger partial charge in [0.25, 0.3) is 0 Å². The predicted molar refractivity (Wildman–Crippen MR) is 73.2 cm³/mol. The summed E-state index contributed by atoms with van der Waals surface area (Å²) in [6.07, 6.45) is 5.28. The molecule has 0 bridgehead atoms. The van der Waals surface area contributed by atoms with E-state index in [1.807, 2.05) is 0 Å². The van der Waals surface area contributed by atoms with Crippen molar-refractivity contribution in [3.05, 3.63) is 17.3 Å². The third-order valence-electron chi connectivity index (χ3n) is 3.82. The summed E-state index contributed by atoms with van der Waals surface area (Å²) < 4.78 is 0. The van der Waals surface area contributed by atoms with Gasteiger partial charge in [0.1, 0.15) is 5.82 Å². The van der Waals surface area contributed by atoms with Crippen LogP contribution < -0.4 is 11.1 Å². The van der Waals surface area contributed by atoms with Gasteiger partial charge in [-0.2, -0.15) is 0 Å². The van der Waals surface area contributed by atoms with Crippen LogP contribution in [-0.2, 0) is 0 Å². The molecule has 1 saturated carbocycles. The molecule has 4 heteroatoms. The van der Waals surface area contributed by atoms with E-state index >= 15 is 0 Å². The Morgan fingerprint density at radius 3 is 2.76 bits per heavy atom. The molecule has 3 nitrogen and oxygen atoms in total. The standard InChI is InChI=1S/C13H20ClN3/c1-8-3-4-11(5-9(8)2)17-13-12(15)6-10(14)7-16-13/h6-9,11H,3-5,15H2,1-2H3,(H,16,17). The molecule has 3 atom stereocenters. The van der Waals surface area contributed by atoms with E-state index in [1.165, 1.54) is 19.3 Å². The van der Waals surface area contributed by atoms with Crippen LogP contribution in [0.15, 0.2) is 12.3 Å². The molecule has 1 aliphatic rings. The molecule has 0 aliphatic heterocycles. The second-order valence-electron chi connectivity index (χ2n) is 5.20. The molecule has 1 aromatic rings. The van der Waals surface area contributed by atoms with Crippen molar-refractivity contribution in [3.8, 4) is 0 Å². The molecule has 0 radical (unpaired) electrons. The van der Waals surface area contributed by atoms with Crippen molar-refractivity contribution >= 4 is 23.1 Å². The first kappa shape index (κ1) is 12.5. The Morgan fingerprint density at radius 1 is 1.35 bits per heavy atom. The molecule has 3 N–H and O–H groups in total. The van der Waals surface area contributed by atoms with E-state index < -0.39 is 0 Å². The second kappa shape index (κ2) is 5.13. The molecule has 0 saturated heterocycles. The van der Waals surface area contributed by atoms with Crippen molar-refractivity contribution in [2.24, 2.45) is 11.8 Å². The van der Waals surface area contributed by atoms with E-state index in [-0.39, 0.29) is 0 Å². The fourth-order valence-electron chi connectivity index (χ4n) is 2.45. The van der Waals surface area contributed by atoms with Crippen LogP contribution in [0.4, 0.5) is 11.5 Å². The third kappa shape index (κ3) is 3.03. The topological polar surface area (TPSA) is 50.9 Å². The summed E-state index contributed by atoms with van der Waals surface area (Å²) >= 11 is 5.83. The van der Waals surface area contributed by atoms with Crippen LogP contribution in [0.3, 0.4) is 0 Å². The first-order valence-electron chi connectivity index (χ1n) is 6.24. The fourth-order valence-corrected chi connectivity index (χ4v) is 2.61. The molecule has 2 rings (SSSR count). The van der Waals surface area contributed by atoms with E-state index in [0.29, 0.717) is 16.8 Å². The van der Waals surface area contributed by atoms with Crippen molar-refractivity contribution in [1.29, 1.82) is 0 Å². The number of aromatic nitrogens is 1. The number of hydrogen-bond donors (Lipinski definition) is 2. The zero-order valence-electron chi connectivity index (χ0n) is 10.4. The van der Waals surface area contributed by atoms with Crippen molar-refractivity contribution < 1.29 is 0 Å². The third-order valence-corrected chi connectivity index (χ3v) is 4.03. The number of nitrogen functional groups attached to an aromatic ring is 1. The van der Waals surface area contributed by atoms with Crippen molar-refractivity contribution in [2.45, 2.75) is 39.2 Å². The molecule has 0 aromatic carbocycles. The highest BCUT2D eigenvalue weighted by molar-refractivity contribution is 6.30. The summed E-state index contributed by atoms with van der Waals surface area (Å²) in [7, 11) is 0. The summed E-state index contributed by atoms with van der Waals surface area (Å²) in [5, 5.41) is 4.01. The van der Waals surface area contributed by atoms with Crippen LogP contribution in [0.1, 0.15) is 33.1 Å². The normalized spacial score (nSPS) is 29.0. The molecule has 94 valence electrons. The minimum Gasteiger partial charge on any atom is -0.396 e. The van der Waals surface area contributed by atoms with Crippen LogP contribution in [0.25, 0.3) is 0 Å². The molecule has 1 fully saturated rings. The molecular weight excluding hydrogens is 234 g/mol. The number of nitrogens with one attached hydrogen (secondary N) is 1. The monoisotopic (exact) mass is 253 g/mol. The largest absolute Gasteiger partial charge is 0.396 e. The lowest BCUT2D eigenvalue weighted by Gasteiger charge is -2.33. The first-order valence-corrected chi connectivity index (χ1v) is 6.61. The minimum absolute atomic E-state index is 0.483. The SMILES string of the molecule is CC1CCC(Nc2ncc(Cl)cc2N)CC1C. The van der Waals surface area contributed by atoms with Crippen molar-refractivity contribution in [3.63, 3.8) is 0 Å². The van der Waals surface area contributed by atoms with Gasteiger partial charge in [0, 0.05) is 12.2 Å². The van der Waals surface area contributed by atoms with Crippen LogP contribution in [-0.4, -0.2) is 11.0 Å².